The fourth-order valence-corrected chi connectivity index (χ4v) is 2.95. The van der Waals surface area contributed by atoms with Gasteiger partial charge in [0.25, 0.3) is 0 Å². The minimum Gasteiger partial charge on any atom is -0.334 e. The zero-order valence-electron chi connectivity index (χ0n) is 15.3. The van der Waals surface area contributed by atoms with Gasteiger partial charge in [-0.1, -0.05) is 13.0 Å². The molecule has 0 aliphatic heterocycles. The average Bonchev–Trinajstić information content (AvgIpc) is 3.35. The summed E-state index contributed by atoms with van der Waals surface area (Å²) in [5, 5.41) is 7.46. The molecule has 6 nitrogen and oxygen atoms in total. The third-order valence-corrected chi connectivity index (χ3v) is 4.44. The Hall–Kier alpha value is -2.37. The van der Waals surface area contributed by atoms with Crippen molar-refractivity contribution in [2.75, 3.05) is 13.1 Å². The number of urea groups is 1. The summed E-state index contributed by atoms with van der Waals surface area (Å²) >= 11 is 0. The molecule has 0 bridgehead atoms. The molecule has 1 fully saturated rings. The summed E-state index contributed by atoms with van der Waals surface area (Å²) < 4.78 is 1.83. The first-order valence-electron chi connectivity index (χ1n) is 9.08. The second-order valence-corrected chi connectivity index (χ2v) is 6.91. The van der Waals surface area contributed by atoms with Gasteiger partial charge in [0.05, 0.1) is 5.69 Å². The van der Waals surface area contributed by atoms with E-state index in [0.29, 0.717) is 12.5 Å². The number of nitrogens with one attached hydrogen (secondary N) is 1. The van der Waals surface area contributed by atoms with Gasteiger partial charge in [-0.25, -0.2) is 14.5 Å². The fraction of sp³-hybridized carbons (Fsp3) is 0.526. The van der Waals surface area contributed by atoms with Crippen LogP contribution in [0, 0.1) is 19.8 Å². The van der Waals surface area contributed by atoms with E-state index in [-0.39, 0.29) is 6.03 Å². The molecule has 25 heavy (non-hydrogen) atoms. The molecular weight excluding hydrogens is 314 g/mol. The van der Waals surface area contributed by atoms with Crippen molar-refractivity contribution in [3.05, 3.63) is 41.3 Å². The molecule has 2 aromatic heterocycles. The average molecular weight is 341 g/mol. The second-order valence-electron chi connectivity index (χ2n) is 6.91. The highest BCUT2D eigenvalue weighted by atomic mass is 16.2. The summed E-state index contributed by atoms with van der Waals surface area (Å²) in [6, 6.07) is 5.98. The van der Waals surface area contributed by atoms with Crippen molar-refractivity contribution < 1.29 is 4.79 Å². The monoisotopic (exact) mass is 341 g/mol. The van der Waals surface area contributed by atoms with Gasteiger partial charge >= 0.3 is 6.03 Å². The van der Waals surface area contributed by atoms with Gasteiger partial charge in [0.15, 0.2) is 5.82 Å². The van der Waals surface area contributed by atoms with Crippen LogP contribution >= 0.6 is 0 Å². The maximum Gasteiger partial charge on any atom is 0.317 e. The minimum absolute atomic E-state index is 0.0244. The molecule has 6 heteroatoms. The standard InChI is InChI=1S/C19H27N5O/c1-4-9-23(13-16-5-6-16)19(25)21-12-17-7-8-18(20-11-17)24-15(3)10-14(2)22-24/h7-8,10-11,16H,4-6,9,12-13H2,1-3H3,(H,21,25). The Morgan fingerprint density at radius 2 is 2.16 bits per heavy atom. The minimum atomic E-state index is 0.0244. The SMILES string of the molecule is CCCN(CC1CC1)C(=O)NCc1ccc(-n2nc(C)cc2C)nc1. The van der Waals surface area contributed by atoms with Crippen LogP contribution in [0.15, 0.2) is 24.4 Å². The Morgan fingerprint density at radius 3 is 2.72 bits per heavy atom. The van der Waals surface area contributed by atoms with E-state index >= 15 is 0 Å². The lowest BCUT2D eigenvalue weighted by molar-refractivity contribution is 0.195. The van der Waals surface area contributed by atoms with Crippen LogP contribution < -0.4 is 5.32 Å². The molecule has 0 atom stereocenters. The van der Waals surface area contributed by atoms with Gasteiger partial charge in [-0.3, -0.25) is 0 Å². The summed E-state index contributed by atoms with van der Waals surface area (Å²) in [5.74, 6) is 1.50. The highest BCUT2D eigenvalue weighted by Gasteiger charge is 2.26. The molecule has 3 rings (SSSR count). The van der Waals surface area contributed by atoms with Crippen LogP contribution in [0.3, 0.4) is 0 Å². The third-order valence-electron chi connectivity index (χ3n) is 4.44. The summed E-state index contributed by atoms with van der Waals surface area (Å²) in [5.41, 5.74) is 3.02. The number of aryl methyl sites for hydroxylation is 2. The van der Waals surface area contributed by atoms with Gasteiger partial charge in [-0.05, 0) is 56.7 Å². The lowest BCUT2D eigenvalue weighted by atomic mass is 10.3. The topological polar surface area (TPSA) is 63.1 Å². The van der Waals surface area contributed by atoms with E-state index in [1.807, 2.05) is 41.6 Å². The van der Waals surface area contributed by atoms with Gasteiger partial charge in [0, 0.05) is 31.5 Å². The zero-order chi connectivity index (χ0) is 17.8. The van der Waals surface area contributed by atoms with Crippen molar-refractivity contribution in [2.24, 2.45) is 5.92 Å². The number of pyridine rings is 1. The molecule has 0 radical (unpaired) electrons. The van der Waals surface area contributed by atoms with Crippen LogP contribution in [-0.2, 0) is 6.54 Å². The van der Waals surface area contributed by atoms with Crippen molar-refractivity contribution in [1.29, 1.82) is 0 Å². The Labute approximate surface area is 149 Å². The molecule has 0 spiro atoms. The molecular formula is C19H27N5O. The number of amides is 2. The molecule has 0 unspecified atom stereocenters. The van der Waals surface area contributed by atoms with Crippen molar-refractivity contribution >= 4 is 6.03 Å². The maximum absolute atomic E-state index is 12.4. The van der Waals surface area contributed by atoms with E-state index in [2.05, 4.69) is 22.3 Å². The summed E-state index contributed by atoms with van der Waals surface area (Å²) in [7, 11) is 0. The lowest BCUT2D eigenvalue weighted by Gasteiger charge is -2.22. The Balaban J connectivity index is 1.57. The molecule has 1 aliphatic rings. The number of carbonyl (C=O) groups excluding carboxylic acids is 1. The predicted octanol–water partition coefficient (Wildman–Crippen LogP) is 3.22. The van der Waals surface area contributed by atoms with E-state index in [9.17, 15) is 4.79 Å². The maximum atomic E-state index is 12.4. The molecule has 1 N–H and O–H groups in total. The van der Waals surface area contributed by atoms with Crippen LogP contribution in [0.25, 0.3) is 5.82 Å². The first kappa shape index (κ1) is 17.5. The number of hydrogen-bond acceptors (Lipinski definition) is 3. The molecule has 0 aromatic carbocycles. The Kier molecular flexibility index (Phi) is 5.36. The predicted molar refractivity (Wildman–Crippen MR) is 97.7 cm³/mol. The van der Waals surface area contributed by atoms with Crippen molar-refractivity contribution in [2.45, 2.75) is 46.6 Å². The Bertz CT molecular complexity index is 718. The van der Waals surface area contributed by atoms with E-state index in [1.165, 1.54) is 12.8 Å². The molecule has 2 aromatic rings. The molecule has 0 saturated heterocycles. The molecule has 1 aliphatic carbocycles. The van der Waals surface area contributed by atoms with Gasteiger partial charge in [-0.2, -0.15) is 5.10 Å². The molecule has 2 amide bonds. The van der Waals surface area contributed by atoms with E-state index in [4.69, 9.17) is 0 Å². The number of aromatic nitrogens is 3. The van der Waals surface area contributed by atoms with Crippen LogP contribution in [0.1, 0.15) is 43.1 Å². The van der Waals surface area contributed by atoms with Crippen LogP contribution in [0.4, 0.5) is 4.79 Å². The highest BCUT2D eigenvalue weighted by Crippen LogP contribution is 2.29. The van der Waals surface area contributed by atoms with Crippen LogP contribution in [0.2, 0.25) is 0 Å². The smallest absolute Gasteiger partial charge is 0.317 e. The van der Waals surface area contributed by atoms with Crippen LogP contribution in [0.5, 0.6) is 0 Å². The second kappa shape index (κ2) is 7.68. The van der Waals surface area contributed by atoms with Crippen molar-refractivity contribution in [1.82, 2.24) is 25.0 Å². The summed E-state index contributed by atoms with van der Waals surface area (Å²) in [6.45, 7) is 8.28. The van der Waals surface area contributed by atoms with Crippen molar-refractivity contribution in [3.8, 4) is 5.82 Å². The van der Waals surface area contributed by atoms with E-state index in [0.717, 1.165) is 42.3 Å². The van der Waals surface area contributed by atoms with Crippen molar-refractivity contribution in [3.63, 3.8) is 0 Å². The van der Waals surface area contributed by atoms with Gasteiger partial charge in [-0.15, -0.1) is 0 Å². The highest BCUT2D eigenvalue weighted by molar-refractivity contribution is 5.74. The van der Waals surface area contributed by atoms with E-state index < -0.39 is 0 Å². The first-order chi connectivity index (χ1) is 12.1. The van der Waals surface area contributed by atoms with Crippen LogP contribution in [-0.4, -0.2) is 38.8 Å². The fourth-order valence-electron chi connectivity index (χ4n) is 2.95. The zero-order valence-corrected chi connectivity index (χ0v) is 15.3. The summed E-state index contributed by atoms with van der Waals surface area (Å²) in [6.07, 6.45) is 5.30. The number of nitrogens with zero attached hydrogens (tertiary/aromatic N) is 4. The number of carbonyl (C=O) groups is 1. The normalized spacial score (nSPS) is 13.7. The largest absolute Gasteiger partial charge is 0.334 e. The Morgan fingerprint density at radius 1 is 1.36 bits per heavy atom. The third kappa shape index (κ3) is 4.59. The van der Waals surface area contributed by atoms with Gasteiger partial charge < -0.3 is 10.2 Å². The lowest BCUT2D eigenvalue weighted by Crippen LogP contribution is -2.41. The van der Waals surface area contributed by atoms with E-state index in [1.54, 1.807) is 6.20 Å². The van der Waals surface area contributed by atoms with Gasteiger partial charge in [0.1, 0.15) is 0 Å². The number of hydrogen-bond donors (Lipinski definition) is 1. The number of rotatable bonds is 7. The molecule has 134 valence electrons. The first-order valence-corrected chi connectivity index (χ1v) is 9.08. The molecule has 2 heterocycles. The molecule has 1 saturated carbocycles. The quantitative estimate of drug-likeness (QED) is 0.841. The van der Waals surface area contributed by atoms with Gasteiger partial charge in [0.2, 0.25) is 0 Å². The summed E-state index contributed by atoms with van der Waals surface area (Å²) in [4.78, 5) is 18.8.